The Morgan fingerprint density at radius 2 is 2.12 bits per heavy atom. The number of carboxylic acids is 1. The lowest BCUT2D eigenvalue weighted by Crippen LogP contribution is -2.24. The van der Waals surface area contributed by atoms with Crippen molar-refractivity contribution in [1.82, 2.24) is 4.98 Å². The van der Waals surface area contributed by atoms with Crippen molar-refractivity contribution in [2.75, 3.05) is 19.0 Å². The van der Waals surface area contributed by atoms with Gasteiger partial charge in [-0.25, -0.2) is 4.98 Å². The third kappa shape index (κ3) is 3.44. The van der Waals surface area contributed by atoms with Crippen LogP contribution in [0.15, 0.2) is 40.8 Å². The first kappa shape index (κ1) is 16.5. The number of aromatic nitrogens is 1. The molecule has 0 spiro atoms. The quantitative estimate of drug-likeness (QED) is 0.698. The minimum absolute atomic E-state index is 0.318. The van der Waals surface area contributed by atoms with Crippen molar-refractivity contribution in [3.63, 3.8) is 0 Å². The number of aliphatic carboxylic acids is 1. The summed E-state index contributed by atoms with van der Waals surface area (Å²) >= 11 is 7.28. The molecule has 2 aromatic heterocycles. The van der Waals surface area contributed by atoms with E-state index in [9.17, 15) is 9.90 Å². The van der Waals surface area contributed by atoms with E-state index >= 15 is 0 Å². The number of carboxylic acid groups (broad SMARTS) is 1. The molecule has 0 aliphatic heterocycles. The summed E-state index contributed by atoms with van der Waals surface area (Å²) in [6.45, 7) is 0. The molecule has 0 amide bonds. The fourth-order valence-electron chi connectivity index (χ4n) is 2.28. The SMILES string of the molecule is CN(C)c1cccc(-c2nc(CC(=O)[O-])c(-c3ccc(Cl)s3)o2)c1. The number of anilines is 1. The second kappa shape index (κ2) is 6.67. The molecule has 24 heavy (non-hydrogen) atoms. The zero-order valence-corrected chi connectivity index (χ0v) is 14.6. The van der Waals surface area contributed by atoms with Crippen molar-refractivity contribution in [3.05, 3.63) is 46.4 Å². The lowest BCUT2D eigenvalue weighted by molar-refractivity contribution is -0.304. The second-order valence-electron chi connectivity index (χ2n) is 5.39. The molecule has 0 N–H and O–H groups in total. The van der Waals surface area contributed by atoms with Crippen LogP contribution in [0.25, 0.3) is 22.1 Å². The molecule has 2 heterocycles. The molecule has 3 rings (SSSR count). The third-order valence-electron chi connectivity index (χ3n) is 3.42. The van der Waals surface area contributed by atoms with Crippen LogP contribution in [0.1, 0.15) is 5.69 Å². The van der Waals surface area contributed by atoms with Gasteiger partial charge in [-0.3, -0.25) is 0 Å². The summed E-state index contributed by atoms with van der Waals surface area (Å²) in [5, 5.41) is 11.0. The van der Waals surface area contributed by atoms with Crippen molar-refractivity contribution in [2.24, 2.45) is 0 Å². The van der Waals surface area contributed by atoms with Crippen molar-refractivity contribution >= 4 is 34.6 Å². The number of oxazole rings is 1. The molecule has 1 aromatic carbocycles. The Bertz CT molecular complexity index is 886. The van der Waals surface area contributed by atoms with Crippen LogP contribution >= 0.6 is 22.9 Å². The molecule has 0 radical (unpaired) electrons. The van der Waals surface area contributed by atoms with E-state index in [1.54, 1.807) is 12.1 Å². The molecule has 0 unspecified atom stereocenters. The Labute approximate surface area is 148 Å². The van der Waals surface area contributed by atoms with E-state index in [2.05, 4.69) is 4.98 Å². The summed E-state index contributed by atoms with van der Waals surface area (Å²) in [5.41, 5.74) is 2.10. The number of hydrogen-bond acceptors (Lipinski definition) is 6. The first-order valence-corrected chi connectivity index (χ1v) is 8.36. The van der Waals surface area contributed by atoms with Crippen LogP contribution in [-0.4, -0.2) is 25.0 Å². The predicted octanol–water partition coefficient (Wildman–Crippen LogP) is 3.08. The number of rotatable bonds is 5. The second-order valence-corrected chi connectivity index (χ2v) is 7.11. The molecule has 0 saturated heterocycles. The molecule has 0 atom stereocenters. The number of benzene rings is 1. The topological polar surface area (TPSA) is 69.4 Å². The summed E-state index contributed by atoms with van der Waals surface area (Å²) < 4.78 is 6.46. The van der Waals surface area contributed by atoms with Gasteiger partial charge < -0.3 is 19.2 Å². The van der Waals surface area contributed by atoms with E-state index in [1.165, 1.54) is 11.3 Å². The first-order valence-electron chi connectivity index (χ1n) is 7.17. The molecule has 3 aromatic rings. The molecule has 124 valence electrons. The van der Waals surface area contributed by atoms with Gasteiger partial charge in [-0.1, -0.05) is 17.7 Å². The lowest BCUT2D eigenvalue weighted by Gasteiger charge is -2.12. The molecule has 5 nitrogen and oxygen atoms in total. The van der Waals surface area contributed by atoms with Gasteiger partial charge in [-0.2, -0.15) is 0 Å². The number of carbonyl (C=O) groups is 1. The highest BCUT2D eigenvalue weighted by molar-refractivity contribution is 7.19. The van der Waals surface area contributed by atoms with Gasteiger partial charge in [0.05, 0.1) is 14.9 Å². The summed E-state index contributed by atoms with van der Waals surface area (Å²) in [7, 11) is 3.88. The first-order chi connectivity index (χ1) is 11.4. The summed E-state index contributed by atoms with van der Waals surface area (Å²) in [5.74, 6) is -0.420. The lowest BCUT2D eigenvalue weighted by atomic mass is 10.2. The fourth-order valence-corrected chi connectivity index (χ4v) is 3.32. The van der Waals surface area contributed by atoms with Gasteiger partial charge in [-0.15, -0.1) is 11.3 Å². The van der Waals surface area contributed by atoms with E-state index in [4.69, 9.17) is 16.0 Å². The van der Waals surface area contributed by atoms with Gasteiger partial charge in [0.15, 0.2) is 5.76 Å². The normalized spacial score (nSPS) is 10.8. The van der Waals surface area contributed by atoms with Gasteiger partial charge in [0.1, 0.15) is 0 Å². The monoisotopic (exact) mass is 361 g/mol. The van der Waals surface area contributed by atoms with E-state index in [0.29, 0.717) is 21.7 Å². The van der Waals surface area contributed by atoms with Gasteiger partial charge in [0, 0.05) is 37.7 Å². The molecule has 0 bridgehead atoms. The number of nitrogens with zero attached hydrogens (tertiary/aromatic N) is 2. The van der Waals surface area contributed by atoms with Crippen LogP contribution in [0.4, 0.5) is 5.69 Å². The van der Waals surface area contributed by atoms with Crippen LogP contribution < -0.4 is 10.0 Å². The van der Waals surface area contributed by atoms with E-state index in [-0.39, 0.29) is 6.42 Å². The van der Waals surface area contributed by atoms with Crippen molar-refractivity contribution < 1.29 is 14.3 Å². The maximum absolute atomic E-state index is 11.0. The zero-order valence-electron chi connectivity index (χ0n) is 13.1. The number of halogens is 1. The predicted molar refractivity (Wildman–Crippen MR) is 93.3 cm³/mol. The van der Waals surface area contributed by atoms with Gasteiger partial charge in [-0.05, 0) is 30.3 Å². The number of hydrogen-bond donors (Lipinski definition) is 0. The van der Waals surface area contributed by atoms with E-state index in [0.717, 1.165) is 16.1 Å². The number of thiophene rings is 1. The minimum atomic E-state index is -1.21. The van der Waals surface area contributed by atoms with E-state index < -0.39 is 5.97 Å². The van der Waals surface area contributed by atoms with Crippen molar-refractivity contribution in [3.8, 4) is 22.1 Å². The van der Waals surface area contributed by atoms with Crippen LogP contribution in [0.2, 0.25) is 4.34 Å². The molecule has 0 saturated carbocycles. The molecule has 0 fully saturated rings. The van der Waals surface area contributed by atoms with Crippen LogP contribution in [0.3, 0.4) is 0 Å². The molecule has 7 heteroatoms. The molecule has 0 aliphatic rings. The zero-order chi connectivity index (χ0) is 17.3. The average Bonchev–Trinajstić information content (AvgIpc) is 3.13. The Kier molecular flexibility index (Phi) is 4.59. The Hall–Kier alpha value is -2.31. The third-order valence-corrected chi connectivity index (χ3v) is 4.65. The summed E-state index contributed by atoms with van der Waals surface area (Å²) in [6, 6.07) is 11.2. The van der Waals surface area contributed by atoms with Gasteiger partial charge >= 0.3 is 0 Å². The Morgan fingerprint density at radius 3 is 2.75 bits per heavy atom. The maximum atomic E-state index is 11.0. The van der Waals surface area contributed by atoms with Crippen molar-refractivity contribution in [1.29, 1.82) is 0 Å². The minimum Gasteiger partial charge on any atom is -0.550 e. The van der Waals surface area contributed by atoms with Crippen molar-refractivity contribution in [2.45, 2.75) is 6.42 Å². The Morgan fingerprint density at radius 1 is 1.33 bits per heavy atom. The summed E-state index contributed by atoms with van der Waals surface area (Å²) in [6.07, 6.45) is -0.318. The number of carbonyl (C=O) groups excluding carboxylic acids is 1. The standard InChI is InChI=1S/C17H15ClN2O3S/c1-20(2)11-5-3-4-10(8-11)17-19-12(9-15(21)22)16(23-17)13-6-7-14(18)24-13/h3-8H,9H2,1-2H3,(H,21,22)/p-1. The van der Waals surface area contributed by atoms with Crippen LogP contribution in [0.5, 0.6) is 0 Å². The fraction of sp³-hybridized carbons (Fsp3) is 0.176. The molecule has 0 aliphatic carbocycles. The maximum Gasteiger partial charge on any atom is 0.227 e. The highest BCUT2D eigenvalue weighted by Crippen LogP contribution is 2.36. The summed E-state index contributed by atoms with van der Waals surface area (Å²) in [4.78, 5) is 18.1. The molecular weight excluding hydrogens is 348 g/mol. The van der Waals surface area contributed by atoms with Gasteiger partial charge in [0.25, 0.3) is 0 Å². The van der Waals surface area contributed by atoms with Crippen LogP contribution in [-0.2, 0) is 11.2 Å². The molecular formula is C17H14ClN2O3S-. The van der Waals surface area contributed by atoms with Crippen LogP contribution in [0, 0.1) is 0 Å². The van der Waals surface area contributed by atoms with E-state index in [1.807, 2.05) is 43.3 Å². The van der Waals surface area contributed by atoms with Gasteiger partial charge in [0.2, 0.25) is 5.89 Å². The highest BCUT2D eigenvalue weighted by atomic mass is 35.5. The highest BCUT2D eigenvalue weighted by Gasteiger charge is 2.18. The largest absolute Gasteiger partial charge is 0.550 e. The Balaban J connectivity index is 2.08. The average molecular weight is 362 g/mol. The smallest absolute Gasteiger partial charge is 0.227 e.